The Morgan fingerprint density at radius 1 is 1.59 bits per heavy atom. The number of carbonyl (C=O) groups excluding carboxylic acids is 1. The quantitative estimate of drug-likeness (QED) is 0.510. The maximum Gasteiger partial charge on any atom is 0.270 e. The summed E-state index contributed by atoms with van der Waals surface area (Å²) in [5.41, 5.74) is 0.894. The highest BCUT2D eigenvalue weighted by molar-refractivity contribution is 6.18. The fraction of sp³-hybridized carbons (Fsp3) is 0.364. The van der Waals surface area contributed by atoms with Gasteiger partial charge < -0.3 is 5.32 Å². The van der Waals surface area contributed by atoms with E-state index in [1.807, 2.05) is 0 Å². The van der Waals surface area contributed by atoms with Gasteiger partial charge in [-0.05, 0) is 19.4 Å². The Morgan fingerprint density at radius 2 is 2.24 bits per heavy atom. The molecule has 1 aromatic rings. The zero-order valence-corrected chi connectivity index (χ0v) is 10.3. The van der Waals surface area contributed by atoms with Gasteiger partial charge in [0, 0.05) is 29.6 Å². The summed E-state index contributed by atoms with van der Waals surface area (Å²) in [6.07, 6.45) is 0. The highest BCUT2D eigenvalue weighted by Crippen LogP contribution is 2.17. The van der Waals surface area contributed by atoms with E-state index < -0.39 is 4.92 Å². The number of carbonyl (C=O) groups is 1. The summed E-state index contributed by atoms with van der Waals surface area (Å²) in [6.45, 7) is 3.49. The average Bonchev–Trinajstić information content (AvgIpc) is 2.28. The highest BCUT2D eigenvalue weighted by atomic mass is 35.5. The Kier molecular flexibility index (Phi) is 4.45. The molecule has 1 rings (SSSR count). The summed E-state index contributed by atoms with van der Waals surface area (Å²) in [6, 6.07) is 4.02. The van der Waals surface area contributed by atoms with Gasteiger partial charge >= 0.3 is 0 Å². The molecular weight excluding hydrogens is 244 g/mol. The van der Waals surface area contributed by atoms with Crippen LogP contribution in [0.1, 0.15) is 22.8 Å². The molecule has 0 saturated heterocycles. The van der Waals surface area contributed by atoms with Crippen molar-refractivity contribution in [2.45, 2.75) is 19.9 Å². The number of nitrogens with one attached hydrogen (secondary N) is 1. The molecule has 1 atom stereocenters. The Hall–Kier alpha value is -1.62. The number of aryl methyl sites for hydroxylation is 1. The second kappa shape index (κ2) is 5.63. The lowest BCUT2D eigenvalue weighted by molar-refractivity contribution is -0.384. The van der Waals surface area contributed by atoms with Gasteiger partial charge in [-0.1, -0.05) is 6.07 Å². The van der Waals surface area contributed by atoms with Crippen molar-refractivity contribution in [2.24, 2.45) is 0 Å². The molecule has 1 amide bonds. The van der Waals surface area contributed by atoms with E-state index in [0.717, 1.165) is 0 Å². The molecule has 92 valence electrons. The Labute approximate surface area is 104 Å². The number of rotatable bonds is 4. The van der Waals surface area contributed by atoms with Crippen LogP contribution in [0.25, 0.3) is 0 Å². The number of halogens is 1. The van der Waals surface area contributed by atoms with Crippen molar-refractivity contribution < 1.29 is 9.72 Å². The Bertz CT molecular complexity index is 448. The van der Waals surface area contributed by atoms with E-state index in [0.29, 0.717) is 17.0 Å². The molecule has 0 aliphatic heterocycles. The van der Waals surface area contributed by atoms with Crippen molar-refractivity contribution in [1.29, 1.82) is 0 Å². The number of alkyl halides is 1. The second-order valence-corrected chi connectivity index (χ2v) is 4.09. The van der Waals surface area contributed by atoms with Gasteiger partial charge in [0.15, 0.2) is 0 Å². The van der Waals surface area contributed by atoms with E-state index in [4.69, 9.17) is 11.6 Å². The number of nitro benzene ring substituents is 1. The molecule has 0 aliphatic rings. The predicted molar refractivity (Wildman–Crippen MR) is 65.5 cm³/mol. The minimum atomic E-state index is -0.527. The summed E-state index contributed by atoms with van der Waals surface area (Å²) in [5.74, 6) is -0.0564. The van der Waals surface area contributed by atoms with Crippen LogP contribution in [0.2, 0.25) is 0 Å². The summed E-state index contributed by atoms with van der Waals surface area (Å²) < 4.78 is 0. The fourth-order valence-electron chi connectivity index (χ4n) is 1.31. The van der Waals surface area contributed by atoms with E-state index in [1.54, 1.807) is 19.9 Å². The van der Waals surface area contributed by atoms with Gasteiger partial charge in [-0.25, -0.2) is 0 Å². The number of nitrogens with zero attached hydrogens (tertiary/aromatic N) is 1. The minimum Gasteiger partial charge on any atom is -0.348 e. The van der Waals surface area contributed by atoms with Crippen LogP contribution in [0.15, 0.2) is 18.2 Å². The Morgan fingerprint density at radius 3 is 2.76 bits per heavy atom. The third kappa shape index (κ3) is 3.42. The van der Waals surface area contributed by atoms with Crippen LogP contribution in [-0.2, 0) is 0 Å². The lowest BCUT2D eigenvalue weighted by atomic mass is 10.1. The van der Waals surface area contributed by atoms with Crippen molar-refractivity contribution >= 4 is 23.2 Å². The van der Waals surface area contributed by atoms with E-state index in [1.165, 1.54) is 12.1 Å². The van der Waals surface area contributed by atoms with Crippen molar-refractivity contribution in [3.05, 3.63) is 39.4 Å². The molecule has 0 radical (unpaired) electrons. The van der Waals surface area contributed by atoms with Crippen molar-refractivity contribution in [1.82, 2.24) is 5.32 Å². The van der Waals surface area contributed by atoms with Crippen LogP contribution in [0, 0.1) is 17.0 Å². The molecule has 0 aromatic heterocycles. The lowest BCUT2D eigenvalue weighted by Gasteiger charge is -2.11. The number of benzene rings is 1. The van der Waals surface area contributed by atoms with Crippen LogP contribution in [0.5, 0.6) is 0 Å². The van der Waals surface area contributed by atoms with E-state index in [2.05, 4.69) is 5.32 Å². The molecular formula is C11H13ClN2O3. The zero-order chi connectivity index (χ0) is 13.0. The predicted octanol–water partition coefficient (Wildman–Crippen LogP) is 2.26. The molecule has 0 spiro atoms. The standard InChI is InChI=1S/C11H13ClN2O3/c1-7-3-4-9(14(16)17)5-10(7)11(15)13-8(2)6-12/h3-5,8H,6H2,1-2H3,(H,13,15). The summed E-state index contributed by atoms with van der Waals surface area (Å²) in [7, 11) is 0. The van der Waals surface area contributed by atoms with Crippen molar-refractivity contribution in [3.8, 4) is 0 Å². The third-order valence-corrected chi connectivity index (χ3v) is 2.75. The van der Waals surface area contributed by atoms with Gasteiger partial charge in [0.05, 0.1) is 4.92 Å². The average molecular weight is 257 g/mol. The van der Waals surface area contributed by atoms with Crippen molar-refractivity contribution in [3.63, 3.8) is 0 Å². The third-order valence-electron chi connectivity index (χ3n) is 2.29. The first kappa shape index (κ1) is 13.4. The number of amides is 1. The van der Waals surface area contributed by atoms with E-state index in [-0.39, 0.29) is 17.6 Å². The van der Waals surface area contributed by atoms with Gasteiger partial charge in [0.1, 0.15) is 0 Å². The molecule has 1 unspecified atom stereocenters. The molecule has 0 fully saturated rings. The van der Waals surface area contributed by atoms with Crippen LogP contribution >= 0.6 is 11.6 Å². The van der Waals surface area contributed by atoms with Crippen LogP contribution in [0.4, 0.5) is 5.69 Å². The Balaban J connectivity index is 3.00. The number of non-ortho nitro benzene ring substituents is 1. The summed E-state index contributed by atoms with van der Waals surface area (Å²) in [4.78, 5) is 21.9. The molecule has 1 N–H and O–H groups in total. The number of nitro groups is 1. The molecule has 5 nitrogen and oxygen atoms in total. The highest BCUT2D eigenvalue weighted by Gasteiger charge is 2.15. The largest absolute Gasteiger partial charge is 0.348 e. The van der Waals surface area contributed by atoms with Gasteiger partial charge in [-0.15, -0.1) is 11.6 Å². The first-order valence-corrected chi connectivity index (χ1v) is 5.61. The molecule has 0 aliphatic carbocycles. The molecule has 0 bridgehead atoms. The normalized spacial score (nSPS) is 11.9. The van der Waals surface area contributed by atoms with Crippen molar-refractivity contribution in [2.75, 3.05) is 5.88 Å². The van der Waals surface area contributed by atoms with Crippen LogP contribution in [-0.4, -0.2) is 22.8 Å². The minimum absolute atomic E-state index is 0.0979. The van der Waals surface area contributed by atoms with Crippen LogP contribution < -0.4 is 5.32 Å². The maximum absolute atomic E-state index is 11.8. The van der Waals surface area contributed by atoms with Gasteiger partial charge in [0.25, 0.3) is 11.6 Å². The smallest absolute Gasteiger partial charge is 0.270 e. The molecule has 6 heteroatoms. The summed E-state index contributed by atoms with van der Waals surface area (Å²) >= 11 is 5.58. The van der Waals surface area contributed by atoms with E-state index in [9.17, 15) is 14.9 Å². The fourth-order valence-corrected chi connectivity index (χ4v) is 1.39. The van der Waals surface area contributed by atoms with Gasteiger partial charge in [0.2, 0.25) is 0 Å². The second-order valence-electron chi connectivity index (χ2n) is 3.79. The molecule has 0 heterocycles. The first-order chi connectivity index (χ1) is 7.95. The topological polar surface area (TPSA) is 72.2 Å². The first-order valence-electron chi connectivity index (χ1n) is 5.07. The monoisotopic (exact) mass is 256 g/mol. The number of hydrogen-bond acceptors (Lipinski definition) is 3. The maximum atomic E-state index is 11.8. The number of hydrogen-bond donors (Lipinski definition) is 1. The molecule has 1 aromatic carbocycles. The van der Waals surface area contributed by atoms with Gasteiger partial charge in [-0.3, -0.25) is 14.9 Å². The van der Waals surface area contributed by atoms with E-state index >= 15 is 0 Å². The molecule has 0 saturated carbocycles. The lowest BCUT2D eigenvalue weighted by Crippen LogP contribution is -2.34. The molecule has 17 heavy (non-hydrogen) atoms. The zero-order valence-electron chi connectivity index (χ0n) is 9.57. The van der Waals surface area contributed by atoms with Gasteiger partial charge in [-0.2, -0.15) is 0 Å². The van der Waals surface area contributed by atoms with Crippen LogP contribution in [0.3, 0.4) is 0 Å². The summed E-state index contributed by atoms with van der Waals surface area (Å²) in [5, 5.41) is 13.3. The SMILES string of the molecule is Cc1ccc([N+](=O)[O-])cc1C(=O)NC(C)CCl.